The number of carbonyl (C=O) groups excluding carboxylic acids is 2. The molecule has 1 N–H and O–H groups in total. The monoisotopic (exact) mass is 396 g/mol. The summed E-state index contributed by atoms with van der Waals surface area (Å²) < 4.78 is 15.5. The third kappa shape index (κ3) is 6.93. The molecule has 0 aliphatic heterocycles. The van der Waals surface area contributed by atoms with Gasteiger partial charge in [-0.1, -0.05) is 37.4 Å². The van der Waals surface area contributed by atoms with E-state index < -0.39 is 18.2 Å². The molecule has 0 fully saturated rings. The van der Waals surface area contributed by atoms with Crippen LogP contribution in [0, 0.1) is 0 Å². The Morgan fingerprint density at radius 3 is 1.83 bits per heavy atom. The van der Waals surface area contributed by atoms with Gasteiger partial charge in [-0.05, 0) is 49.2 Å². The summed E-state index contributed by atoms with van der Waals surface area (Å²) in [4.78, 5) is 22.8. The lowest BCUT2D eigenvalue weighted by molar-refractivity contribution is -0.141. The van der Waals surface area contributed by atoms with Gasteiger partial charge in [-0.15, -0.1) is 0 Å². The first-order valence-corrected chi connectivity index (χ1v) is 9.02. The summed E-state index contributed by atoms with van der Waals surface area (Å²) in [5.74, 6) is -0.0363. The Labute approximate surface area is 170 Å². The van der Waals surface area contributed by atoms with E-state index in [1.807, 2.05) is 24.3 Å². The van der Waals surface area contributed by atoms with Crippen molar-refractivity contribution in [1.82, 2.24) is 0 Å². The molecule has 0 amide bonds. The van der Waals surface area contributed by atoms with E-state index in [2.05, 4.69) is 13.2 Å². The second kappa shape index (κ2) is 10.2. The van der Waals surface area contributed by atoms with Gasteiger partial charge in [0, 0.05) is 17.6 Å². The molecule has 152 valence electrons. The van der Waals surface area contributed by atoms with Gasteiger partial charge in [-0.3, -0.25) is 0 Å². The van der Waals surface area contributed by atoms with Crippen LogP contribution in [0.3, 0.4) is 0 Å². The van der Waals surface area contributed by atoms with Crippen molar-refractivity contribution in [3.8, 4) is 22.6 Å². The fraction of sp³-hybridized carbons (Fsp3) is 0.217. The Bertz CT molecular complexity index is 881. The minimum Gasteiger partial charge on any atom is -0.465 e. The summed E-state index contributed by atoms with van der Waals surface area (Å²) in [7, 11) is 0. The van der Waals surface area contributed by atoms with Gasteiger partial charge in [-0.25, -0.2) is 9.59 Å². The maximum absolute atomic E-state index is 11.5. The number of benzene rings is 2. The van der Waals surface area contributed by atoms with Crippen molar-refractivity contribution in [1.29, 1.82) is 0 Å². The molecular formula is C23H24O6. The van der Waals surface area contributed by atoms with Crippen molar-refractivity contribution in [2.45, 2.75) is 26.6 Å². The second-order valence-electron chi connectivity index (χ2n) is 6.50. The molecule has 0 saturated heterocycles. The number of ether oxygens (including phenoxy) is 3. The average molecular weight is 396 g/mol. The molecule has 1 atom stereocenters. The topological polar surface area (TPSA) is 82.1 Å². The van der Waals surface area contributed by atoms with Gasteiger partial charge in [-0.2, -0.15) is 0 Å². The fourth-order valence-corrected chi connectivity index (χ4v) is 2.23. The van der Waals surface area contributed by atoms with E-state index in [9.17, 15) is 14.7 Å². The van der Waals surface area contributed by atoms with Crippen molar-refractivity contribution in [3.05, 3.63) is 72.8 Å². The van der Waals surface area contributed by atoms with Gasteiger partial charge in [0.1, 0.15) is 11.5 Å². The van der Waals surface area contributed by atoms with E-state index in [0.29, 0.717) is 22.6 Å². The third-order valence-electron chi connectivity index (χ3n) is 3.82. The highest BCUT2D eigenvalue weighted by Crippen LogP contribution is 2.25. The van der Waals surface area contributed by atoms with E-state index >= 15 is 0 Å². The molecule has 29 heavy (non-hydrogen) atoms. The van der Waals surface area contributed by atoms with Crippen LogP contribution in [0.25, 0.3) is 11.1 Å². The van der Waals surface area contributed by atoms with Crippen LogP contribution in [-0.4, -0.2) is 29.9 Å². The van der Waals surface area contributed by atoms with Crippen LogP contribution in [0.4, 0.5) is 0 Å². The fourth-order valence-electron chi connectivity index (χ4n) is 2.23. The molecule has 2 rings (SSSR count). The van der Waals surface area contributed by atoms with Crippen LogP contribution in [-0.2, 0) is 14.3 Å². The Morgan fingerprint density at radius 2 is 1.34 bits per heavy atom. The predicted molar refractivity (Wildman–Crippen MR) is 109 cm³/mol. The molecule has 6 nitrogen and oxygen atoms in total. The van der Waals surface area contributed by atoms with Crippen molar-refractivity contribution in [3.63, 3.8) is 0 Å². The number of aliphatic hydroxyl groups is 1. The number of esters is 2. The van der Waals surface area contributed by atoms with E-state index in [1.165, 1.54) is 0 Å². The Morgan fingerprint density at radius 1 is 0.862 bits per heavy atom. The minimum absolute atomic E-state index is 0.0350. The summed E-state index contributed by atoms with van der Waals surface area (Å²) in [5.41, 5.74) is 2.50. The average Bonchev–Trinajstić information content (AvgIpc) is 2.69. The summed E-state index contributed by atoms with van der Waals surface area (Å²) in [6, 6.07) is 14.2. The molecule has 0 aliphatic carbocycles. The molecule has 0 spiro atoms. The maximum Gasteiger partial charge on any atom is 0.338 e. The summed E-state index contributed by atoms with van der Waals surface area (Å²) in [5, 5.41) is 9.90. The third-order valence-corrected chi connectivity index (χ3v) is 3.82. The van der Waals surface area contributed by atoms with Crippen molar-refractivity contribution in [2.24, 2.45) is 0 Å². The Balaban J connectivity index is 1.89. The molecule has 2 aromatic carbocycles. The van der Waals surface area contributed by atoms with Crippen molar-refractivity contribution in [2.75, 3.05) is 6.61 Å². The molecule has 1 unspecified atom stereocenters. The van der Waals surface area contributed by atoms with E-state index in [1.54, 1.807) is 38.1 Å². The zero-order valence-corrected chi connectivity index (χ0v) is 16.5. The quantitative estimate of drug-likeness (QED) is 0.298. The normalized spacial score (nSPS) is 11.3. The van der Waals surface area contributed by atoms with E-state index in [0.717, 1.165) is 11.1 Å². The first kappa shape index (κ1) is 21.9. The number of aliphatic hydroxyl groups excluding tert-OH is 1. The van der Waals surface area contributed by atoms with Crippen LogP contribution >= 0.6 is 0 Å². The lowest BCUT2D eigenvalue weighted by Crippen LogP contribution is -2.19. The standard InChI is InChI=1S/C23H24O6/c1-15(2)22(25)27-14-13-21(24)28-19-9-5-17(6-10-19)18-7-11-20(12-8-18)29-23(26)16(3)4/h5-12,21,24H,1,3,13-14H2,2,4H3. The second-order valence-corrected chi connectivity index (χ2v) is 6.50. The Kier molecular flexibility index (Phi) is 7.74. The van der Waals surface area contributed by atoms with Crippen LogP contribution in [0.1, 0.15) is 20.3 Å². The van der Waals surface area contributed by atoms with Crippen LogP contribution in [0.15, 0.2) is 72.8 Å². The highest BCUT2D eigenvalue weighted by Gasteiger charge is 2.10. The Hall–Kier alpha value is -3.38. The van der Waals surface area contributed by atoms with E-state index in [-0.39, 0.29) is 13.0 Å². The number of hydrogen-bond acceptors (Lipinski definition) is 6. The molecule has 0 aliphatic rings. The van der Waals surface area contributed by atoms with Gasteiger partial charge >= 0.3 is 11.9 Å². The lowest BCUT2D eigenvalue weighted by atomic mass is 10.1. The molecule has 0 radical (unpaired) electrons. The van der Waals surface area contributed by atoms with Gasteiger partial charge < -0.3 is 19.3 Å². The molecule has 0 aromatic heterocycles. The number of rotatable bonds is 9. The maximum atomic E-state index is 11.5. The molecule has 6 heteroatoms. The molecule has 0 saturated carbocycles. The van der Waals surface area contributed by atoms with Gasteiger partial charge in [0.2, 0.25) is 6.29 Å². The lowest BCUT2D eigenvalue weighted by Gasteiger charge is -2.14. The van der Waals surface area contributed by atoms with Crippen molar-refractivity contribution < 1.29 is 28.9 Å². The smallest absolute Gasteiger partial charge is 0.338 e. The first-order valence-electron chi connectivity index (χ1n) is 9.02. The highest BCUT2D eigenvalue weighted by molar-refractivity contribution is 5.88. The largest absolute Gasteiger partial charge is 0.465 e. The SMILES string of the molecule is C=C(C)C(=O)OCCC(O)Oc1ccc(-c2ccc(OC(=O)C(=C)C)cc2)cc1. The first-order chi connectivity index (χ1) is 13.8. The summed E-state index contributed by atoms with van der Waals surface area (Å²) in [6.45, 7) is 10.2. The zero-order valence-electron chi connectivity index (χ0n) is 16.5. The minimum atomic E-state index is -1.10. The van der Waals surface area contributed by atoms with Gasteiger partial charge in [0.25, 0.3) is 0 Å². The zero-order chi connectivity index (χ0) is 21.4. The number of hydrogen-bond donors (Lipinski definition) is 1. The van der Waals surface area contributed by atoms with Crippen molar-refractivity contribution >= 4 is 11.9 Å². The van der Waals surface area contributed by atoms with Gasteiger partial charge in [0.15, 0.2) is 0 Å². The molecule has 2 aromatic rings. The highest BCUT2D eigenvalue weighted by atomic mass is 16.6. The van der Waals surface area contributed by atoms with Crippen LogP contribution in [0.2, 0.25) is 0 Å². The molecular weight excluding hydrogens is 372 g/mol. The summed E-state index contributed by atoms with van der Waals surface area (Å²) >= 11 is 0. The van der Waals surface area contributed by atoms with Crippen LogP contribution in [0.5, 0.6) is 11.5 Å². The van der Waals surface area contributed by atoms with Gasteiger partial charge in [0.05, 0.1) is 6.61 Å². The van der Waals surface area contributed by atoms with E-state index in [4.69, 9.17) is 14.2 Å². The predicted octanol–water partition coefficient (Wildman–Crippen LogP) is 4.04. The molecule has 0 heterocycles. The summed E-state index contributed by atoms with van der Waals surface area (Å²) in [6.07, 6.45) is -0.952. The number of carbonyl (C=O) groups is 2. The molecule has 0 bridgehead atoms. The van der Waals surface area contributed by atoms with Crippen LogP contribution < -0.4 is 9.47 Å².